The van der Waals surface area contributed by atoms with Crippen LogP contribution in [0.15, 0.2) is 4.99 Å². The first-order chi connectivity index (χ1) is 14.8. The van der Waals surface area contributed by atoms with E-state index in [-0.39, 0.29) is 18.9 Å². The summed E-state index contributed by atoms with van der Waals surface area (Å²) >= 11 is 0. The third-order valence-electron chi connectivity index (χ3n) is 4.11. The molecular weight excluding hydrogens is 430 g/mol. The van der Waals surface area contributed by atoms with Crippen LogP contribution >= 0.6 is 0 Å². The number of hydrogen-bond donors (Lipinski definition) is 9. The van der Waals surface area contributed by atoms with E-state index in [9.17, 15) is 29.1 Å². The molecule has 0 aromatic heterocycles. The first kappa shape index (κ1) is 28.5. The highest BCUT2D eigenvalue weighted by atomic mass is 16.4. The monoisotopic (exact) mass is 461 g/mol. The maximum Gasteiger partial charge on any atom is 0.326 e. The lowest BCUT2D eigenvalue weighted by Gasteiger charge is -2.25. The molecule has 0 spiro atoms. The topological polar surface area (TPSA) is 273 Å². The Labute approximate surface area is 183 Å². The van der Waals surface area contributed by atoms with Crippen LogP contribution in [0.5, 0.6) is 0 Å². The average molecular weight is 461 g/mol. The molecule has 15 heteroatoms. The molecule has 15 nitrogen and oxygen atoms in total. The molecular formula is C17H31N7O8. The average Bonchev–Trinajstić information content (AvgIpc) is 2.67. The summed E-state index contributed by atoms with van der Waals surface area (Å²) in [5, 5.41) is 34.0. The normalized spacial score (nSPS) is 15.2. The van der Waals surface area contributed by atoms with Crippen molar-refractivity contribution >= 4 is 35.6 Å². The SMILES string of the molecule is CC(NC(=O)C(N)CCCN=C(N)N)C(=O)NC(C(=O)NC(CC(=O)O)C(=O)O)C(C)O. The van der Waals surface area contributed by atoms with E-state index in [4.69, 9.17) is 27.4 Å². The molecule has 0 radical (unpaired) electrons. The molecule has 12 N–H and O–H groups in total. The van der Waals surface area contributed by atoms with Crippen molar-refractivity contribution in [2.24, 2.45) is 22.2 Å². The second kappa shape index (κ2) is 13.8. The maximum atomic E-state index is 12.3. The summed E-state index contributed by atoms with van der Waals surface area (Å²) in [6, 6.07) is -5.49. The molecule has 32 heavy (non-hydrogen) atoms. The molecule has 0 bridgehead atoms. The van der Waals surface area contributed by atoms with Crippen LogP contribution in [-0.2, 0) is 24.0 Å². The van der Waals surface area contributed by atoms with Crippen LogP contribution in [0.3, 0.4) is 0 Å². The second-order valence-corrected chi connectivity index (χ2v) is 7.01. The van der Waals surface area contributed by atoms with E-state index in [0.29, 0.717) is 6.42 Å². The lowest BCUT2D eigenvalue weighted by atomic mass is 10.1. The number of rotatable bonds is 14. The number of aliphatic hydroxyl groups is 1. The number of guanidine groups is 1. The Morgan fingerprint density at radius 2 is 1.53 bits per heavy atom. The van der Waals surface area contributed by atoms with Crippen molar-refractivity contribution in [2.45, 2.75) is 63.4 Å². The molecule has 0 fully saturated rings. The van der Waals surface area contributed by atoms with Gasteiger partial charge in [0.15, 0.2) is 5.96 Å². The van der Waals surface area contributed by atoms with Gasteiger partial charge in [0.25, 0.3) is 0 Å². The summed E-state index contributed by atoms with van der Waals surface area (Å²) in [5.41, 5.74) is 16.1. The van der Waals surface area contributed by atoms with Gasteiger partial charge in [0, 0.05) is 6.54 Å². The number of aliphatic hydroxyl groups excluding tert-OH is 1. The molecule has 182 valence electrons. The van der Waals surface area contributed by atoms with Crippen molar-refractivity contribution in [3.63, 3.8) is 0 Å². The van der Waals surface area contributed by atoms with E-state index in [0.717, 1.165) is 6.92 Å². The number of hydrogen-bond acceptors (Lipinski definition) is 8. The Morgan fingerprint density at radius 3 is 2.00 bits per heavy atom. The van der Waals surface area contributed by atoms with Gasteiger partial charge in [-0.05, 0) is 26.7 Å². The fourth-order valence-electron chi connectivity index (χ4n) is 2.36. The van der Waals surface area contributed by atoms with Crippen molar-refractivity contribution < 1.29 is 39.3 Å². The van der Waals surface area contributed by atoms with Gasteiger partial charge in [0.1, 0.15) is 18.1 Å². The Bertz CT molecular complexity index is 724. The minimum Gasteiger partial charge on any atom is -0.481 e. The number of carboxylic acid groups (broad SMARTS) is 2. The quantitative estimate of drug-likeness (QED) is 0.0679. The number of nitrogens with zero attached hydrogens (tertiary/aromatic N) is 1. The summed E-state index contributed by atoms with van der Waals surface area (Å²) in [4.78, 5) is 62.3. The minimum atomic E-state index is -1.77. The fraction of sp³-hybridized carbons (Fsp3) is 0.647. The predicted octanol–water partition coefficient (Wildman–Crippen LogP) is -4.22. The van der Waals surface area contributed by atoms with E-state index in [1.807, 2.05) is 5.32 Å². The number of aliphatic carboxylic acids is 2. The van der Waals surface area contributed by atoms with Gasteiger partial charge in [0.05, 0.1) is 18.6 Å². The summed E-state index contributed by atoms with van der Waals surface area (Å²) in [6.45, 7) is 2.73. The third kappa shape index (κ3) is 11.1. The van der Waals surface area contributed by atoms with Crippen LogP contribution in [-0.4, -0.2) is 87.8 Å². The van der Waals surface area contributed by atoms with E-state index < -0.39 is 66.4 Å². The first-order valence-electron chi connectivity index (χ1n) is 9.61. The van der Waals surface area contributed by atoms with Gasteiger partial charge in [0.2, 0.25) is 17.7 Å². The van der Waals surface area contributed by atoms with Gasteiger partial charge < -0.3 is 48.5 Å². The van der Waals surface area contributed by atoms with Gasteiger partial charge >= 0.3 is 11.9 Å². The molecule has 0 aliphatic rings. The molecule has 5 atom stereocenters. The molecule has 3 amide bonds. The molecule has 0 aliphatic heterocycles. The molecule has 5 unspecified atom stereocenters. The molecule has 0 aromatic rings. The first-order valence-corrected chi connectivity index (χ1v) is 9.61. The van der Waals surface area contributed by atoms with Gasteiger partial charge in [-0.2, -0.15) is 0 Å². The number of carboxylic acids is 2. The van der Waals surface area contributed by atoms with E-state index in [2.05, 4.69) is 15.6 Å². The number of aliphatic imine (C=N–C) groups is 1. The summed E-state index contributed by atoms with van der Waals surface area (Å²) < 4.78 is 0. The van der Waals surface area contributed by atoms with E-state index in [1.165, 1.54) is 6.92 Å². The summed E-state index contributed by atoms with van der Waals surface area (Å²) in [6.07, 6.45) is -1.72. The lowest BCUT2D eigenvalue weighted by molar-refractivity contribution is -0.147. The highest BCUT2D eigenvalue weighted by Crippen LogP contribution is 2.01. The highest BCUT2D eigenvalue weighted by Gasteiger charge is 2.32. The number of amides is 3. The molecule has 0 saturated heterocycles. The fourth-order valence-corrected chi connectivity index (χ4v) is 2.36. The largest absolute Gasteiger partial charge is 0.481 e. The molecule has 0 aromatic carbocycles. The van der Waals surface area contributed by atoms with Crippen LogP contribution < -0.4 is 33.2 Å². The van der Waals surface area contributed by atoms with Crippen LogP contribution in [0.2, 0.25) is 0 Å². The Balaban J connectivity index is 4.90. The summed E-state index contributed by atoms with van der Waals surface area (Å²) in [5.74, 6) is -5.80. The van der Waals surface area contributed by atoms with Gasteiger partial charge in [-0.3, -0.25) is 24.2 Å². The third-order valence-corrected chi connectivity index (χ3v) is 4.11. The van der Waals surface area contributed by atoms with Crippen molar-refractivity contribution in [2.75, 3.05) is 6.54 Å². The van der Waals surface area contributed by atoms with E-state index in [1.54, 1.807) is 0 Å². The predicted molar refractivity (Wildman–Crippen MR) is 111 cm³/mol. The summed E-state index contributed by atoms with van der Waals surface area (Å²) in [7, 11) is 0. The molecule has 0 heterocycles. The van der Waals surface area contributed by atoms with Crippen molar-refractivity contribution in [1.82, 2.24) is 16.0 Å². The zero-order chi connectivity index (χ0) is 25.0. The number of carbonyl (C=O) groups excluding carboxylic acids is 3. The Kier molecular flexibility index (Phi) is 12.3. The molecule has 0 aliphatic carbocycles. The van der Waals surface area contributed by atoms with Crippen LogP contribution in [0.1, 0.15) is 33.1 Å². The standard InChI is InChI=1S/C17H31N7O8/c1-7(22-14(29)9(18)4-3-5-21-17(19)20)13(28)24-12(8(2)25)15(30)23-10(16(31)32)6-11(26)27/h7-10,12,25H,3-6,18H2,1-2H3,(H,22,29)(H,23,30)(H,24,28)(H,26,27)(H,31,32)(H4,19,20,21). The number of carbonyl (C=O) groups is 5. The van der Waals surface area contributed by atoms with Crippen molar-refractivity contribution in [3.8, 4) is 0 Å². The van der Waals surface area contributed by atoms with Crippen LogP contribution in [0, 0.1) is 0 Å². The lowest BCUT2D eigenvalue weighted by Crippen LogP contribution is -2.59. The minimum absolute atomic E-state index is 0.0948. The molecule has 0 saturated carbocycles. The highest BCUT2D eigenvalue weighted by molar-refractivity contribution is 5.94. The Hall–Kier alpha value is -3.46. The molecule has 0 rings (SSSR count). The Morgan fingerprint density at radius 1 is 0.938 bits per heavy atom. The zero-order valence-corrected chi connectivity index (χ0v) is 17.8. The number of nitrogens with one attached hydrogen (secondary N) is 3. The van der Waals surface area contributed by atoms with E-state index >= 15 is 0 Å². The zero-order valence-electron chi connectivity index (χ0n) is 17.8. The van der Waals surface area contributed by atoms with Gasteiger partial charge in [-0.25, -0.2) is 4.79 Å². The smallest absolute Gasteiger partial charge is 0.326 e. The van der Waals surface area contributed by atoms with Crippen molar-refractivity contribution in [1.29, 1.82) is 0 Å². The number of nitrogens with two attached hydrogens (primary N) is 3. The van der Waals surface area contributed by atoms with Crippen LogP contribution in [0.4, 0.5) is 0 Å². The van der Waals surface area contributed by atoms with Gasteiger partial charge in [-0.15, -0.1) is 0 Å². The van der Waals surface area contributed by atoms with Crippen molar-refractivity contribution in [3.05, 3.63) is 0 Å². The van der Waals surface area contributed by atoms with Crippen LogP contribution in [0.25, 0.3) is 0 Å². The van der Waals surface area contributed by atoms with Gasteiger partial charge in [-0.1, -0.05) is 0 Å². The second-order valence-electron chi connectivity index (χ2n) is 7.01. The maximum absolute atomic E-state index is 12.3.